The molecule has 4 heteroatoms. The number of likely N-dealkylation sites (N-methyl/N-ethyl adjacent to an activating group) is 1. The Kier molecular flexibility index (Phi) is 4.31. The Morgan fingerprint density at radius 2 is 2.33 bits per heavy atom. The van der Waals surface area contributed by atoms with Crippen LogP contribution in [0.3, 0.4) is 0 Å². The lowest BCUT2D eigenvalue weighted by atomic mass is 10.2. The molecule has 2 N–H and O–H groups in total. The number of methoxy groups -OCH3 is 1. The minimum atomic E-state index is 0.355. The molecule has 1 aliphatic rings. The van der Waals surface area contributed by atoms with Gasteiger partial charge in [-0.2, -0.15) is 0 Å². The van der Waals surface area contributed by atoms with Crippen molar-refractivity contribution >= 4 is 11.4 Å². The maximum absolute atomic E-state index is 5.84. The Labute approximate surface area is 109 Å². The number of nitrogen functional groups attached to an aromatic ring is 1. The van der Waals surface area contributed by atoms with E-state index in [1.165, 1.54) is 6.42 Å². The maximum atomic E-state index is 5.84. The molecule has 1 aromatic rings. The van der Waals surface area contributed by atoms with E-state index < -0.39 is 0 Å². The van der Waals surface area contributed by atoms with Crippen molar-refractivity contribution in [2.45, 2.75) is 25.9 Å². The number of nitrogens with zero attached hydrogens (tertiary/aromatic N) is 1. The van der Waals surface area contributed by atoms with Gasteiger partial charge in [0.15, 0.2) is 0 Å². The third-order valence-corrected chi connectivity index (χ3v) is 3.41. The van der Waals surface area contributed by atoms with Crippen LogP contribution in [0, 0.1) is 0 Å². The number of rotatable bonds is 5. The molecule has 1 unspecified atom stereocenters. The molecule has 0 amide bonds. The molecule has 4 nitrogen and oxygen atoms in total. The fraction of sp³-hybridized carbons (Fsp3) is 0.571. The zero-order chi connectivity index (χ0) is 13.0. The molecule has 100 valence electrons. The predicted molar refractivity (Wildman–Crippen MR) is 74.3 cm³/mol. The monoisotopic (exact) mass is 250 g/mol. The van der Waals surface area contributed by atoms with Crippen LogP contribution in [0.5, 0.6) is 5.75 Å². The molecular weight excluding hydrogens is 228 g/mol. The number of nitrogens with two attached hydrogens (primary N) is 1. The lowest BCUT2D eigenvalue weighted by Crippen LogP contribution is -2.32. The summed E-state index contributed by atoms with van der Waals surface area (Å²) in [6.45, 7) is 4.93. The summed E-state index contributed by atoms with van der Waals surface area (Å²) in [7, 11) is 1.64. The van der Waals surface area contributed by atoms with Crippen LogP contribution in [0.4, 0.5) is 11.4 Å². The van der Waals surface area contributed by atoms with Crippen LogP contribution in [-0.4, -0.2) is 32.9 Å². The summed E-state index contributed by atoms with van der Waals surface area (Å²) < 4.78 is 11.0. The van der Waals surface area contributed by atoms with E-state index in [0.717, 1.165) is 37.6 Å². The largest absolute Gasteiger partial charge is 0.495 e. The first-order valence-corrected chi connectivity index (χ1v) is 6.54. The van der Waals surface area contributed by atoms with Gasteiger partial charge in [-0.1, -0.05) is 0 Å². The van der Waals surface area contributed by atoms with Crippen LogP contribution in [0.25, 0.3) is 0 Å². The van der Waals surface area contributed by atoms with E-state index >= 15 is 0 Å². The second kappa shape index (κ2) is 5.96. The van der Waals surface area contributed by atoms with Gasteiger partial charge in [-0.3, -0.25) is 0 Å². The molecule has 18 heavy (non-hydrogen) atoms. The van der Waals surface area contributed by atoms with Crippen LogP contribution < -0.4 is 15.4 Å². The standard InChI is InChI=1S/C14H22N2O2/c1-3-16(10-12-5-4-8-18-12)11-6-7-13(15)14(9-11)17-2/h6-7,9,12H,3-5,8,10,15H2,1-2H3. The predicted octanol–water partition coefficient (Wildman–Crippen LogP) is 2.28. The van der Waals surface area contributed by atoms with Gasteiger partial charge in [0.2, 0.25) is 0 Å². The lowest BCUT2D eigenvalue weighted by molar-refractivity contribution is 0.115. The van der Waals surface area contributed by atoms with E-state index in [-0.39, 0.29) is 0 Å². The first-order chi connectivity index (χ1) is 8.74. The summed E-state index contributed by atoms with van der Waals surface area (Å²) in [5.74, 6) is 0.735. The highest BCUT2D eigenvalue weighted by atomic mass is 16.5. The van der Waals surface area contributed by atoms with Gasteiger partial charge >= 0.3 is 0 Å². The van der Waals surface area contributed by atoms with Crippen LogP contribution in [-0.2, 0) is 4.74 Å². The molecule has 1 heterocycles. The van der Waals surface area contributed by atoms with E-state index in [1.54, 1.807) is 7.11 Å². The molecule has 1 fully saturated rings. The summed E-state index contributed by atoms with van der Waals surface area (Å²) in [5.41, 5.74) is 7.65. The Morgan fingerprint density at radius 3 is 2.94 bits per heavy atom. The zero-order valence-electron chi connectivity index (χ0n) is 11.2. The molecule has 0 aromatic heterocycles. The minimum Gasteiger partial charge on any atom is -0.495 e. The molecule has 0 spiro atoms. The van der Waals surface area contributed by atoms with Crippen molar-refractivity contribution < 1.29 is 9.47 Å². The number of ether oxygens (including phenoxy) is 2. The molecule has 0 radical (unpaired) electrons. The molecule has 1 aromatic carbocycles. The van der Waals surface area contributed by atoms with Crippen molar-refractivity contribution in [3.8, 4) is 5.75 Å². The number of anilines is 2. The normalized spacial score (nSPS) is 18.9. The van der Waals surface area contributed by atoms with Gasteiger partial charge in [-0.25, -0.2) is 0 Å². The average molecular weight is 250 g/mol. The van der Waals surface area contributed by atoms with Crippen LogP contribution in [0.1, 0.15) is 19.8 Å². The van der Waals surface area contributed by atoms with Crippen LogP contribution >= 0.6 is 0 Å². The van der Waals surface area contributed by atoms with Crippen molar-refractivity contribution in [3.05, 3.63) is 18.2 Å². The zero-order valence-corrected chi connectivity index (χ0v) is 11.2. The van der Waals surface area contributed by atoms with E-state index in [9.17, 15) is 0 Å². The van der Waals surface area contributed by atoms with Crippen molar-refractivity contribution in [3.63, 3.8) is 0 Å². The fourth-order valence-electron chi connectivity index (χ4n) is 2.35. The van der Waals surface area contributed by atoms with Crippen molar-refractivity contribution in [2.24, 2.45) is 0 Å². The second-order valence-corrected chi connectivity index (χ2v) is 4.60. The van der Waals surface area contributed by atoms with Crippen molar-refractivity contribution in [2.75, 3.05) is 37.4 Å². The van der Waals surface area contributed by atoms with Crippen molar-refractivity contribution in [1.29, 1.82) is 0 Å². The van der Waals surface area contributed by atoms with Gasteiger partial charge in [0, 0.05) is 31.5 Å². The van der Waals surface area contributed by atoms with Gasteiger partial charge in [-0.05, 0) is 31.9 Å². The molecular formula is C14H22N2O2. The highest BCUT2D eigenvalue weighted by molar-refractivity contribution is 5.62. The first kappa shape index (κ1) is 13.0. The third kappa shape index (κ3) is 2.88. The van der Waals surface area contributed by atoms with E-state index in [1.807, 2.05) is 18.2 Å². The van der Waals surface area contributed by atoms with Crippen LogP contribution in [0.15, 0.2) is 18.2 Å². The minimum absolute atomic E-state index is 0.355. The Balaban J connectivity index is 2.10. The Hall–Kier alpha value is -1.42. The molecule has 2 rings (SSSR count). The molecule has 1 saturated heterocycles. The quantitative estimate of drug-likeness (QED) is 0.814. The number of hydrogen-bond acceptors (Lipinski definition) is 4. The SMILES string of the molecule is CCN(CC1CCCO1)c1ccc(N)c(OC)c1. The summed E-state index contributed by atoms with van der Waals surface area (Å²) in [4.78, 5) is 2.30. The van der Waals surface area contributed by atoms with Gasteiger partial charge in [0.1, 0.15) is 5.75 Å². The second-order valence-electron chi connectivity index (χ2n) is 4.60. The average Bonchev–Trinajstić information content (AvgIpc) is 2.89. The van der Waals surface area contributed by atoms with E-state index in [0.29, 0.717) is 11.8 Å². The maximum Gasteiger partial charge on any atom is 0.143 e. The number of benzene rings is 1. The fourth-order valence-corrected chi connectivity index (χ4v) is 2.35. The number of hydrogen-bond donors (Lipinski definition) is 1. The topological polar surface area (TPSA) is 47.7 Å². The summed E-state index contributed by atoms with van der Waals surface area (Å²) >= 11 is 0. The summed E-state index contributed by atoms with van der Waals surface area (Å²) in [6, 6.07) is 5.93. The van der Waals surface area contributed by atoms with Crippen LogP contribution in [0.2, 0.25) is 0 Å². The van der Waals surface area contributed by atoms with Gasteiger partial charge in [0.05, 0.1) is 18.9 Å². The summed E-state index contributed by atoms with van der Waals surface area (Å²) in [5, 5.41) is 0. The summed E-state index contributed by atoms with van der Waals surface area (Å²) in [6.07, 6.45) is 2.68. The van der Waals surface area contributed by atoms with E-state index in [4.69, 9.17) is 15.2 Å². The van der Waals surface area contributed by atoms with Gasteiger partial charge in [0.25, 0.3) is 0 Å². The molecule has 1 aliphatic heterocycles. The molecule has 0 saturated carbocycles. The molecule has 1 atom stereocenters. The third-order valence-electron chi connectivity index (χ3n) is 3.41. The Morgan fingerprint density at radius 1 is 1.50 bits per heavy atom. The molecule has 0 bridgehead atoms. The first-order valence-electron chi connectivity index (χ1n) is 6.54. The smallest absolute Gasteiger partial charge is 0.143 e. The van der Waals surface area contributed by atoms with E-state index in [2.05, 4.69) is 11.8 Å². The molecule has 0 aliphatic carbocycles. The van der Waals surface area contributed by atoms with Gasteiger partial charge in [-0.15, -0.1) is 0 Å². The highest BCUT2D eigenvalue weighted by Gasteiger charge is 2.19. The lowest BCUT2D eigenvalue weighted by Gasteiger charge is -2.26. The van der Waals surface area contributed by atoms with Crippen molar-refractivity contribution in [1.82, 2.24) is 0 Å². The highest BCUT2D eigenvalue weighted by Crippen LogP contribution is 2.28. The Bertz CT molecular complexity index is 389. The van der Waals surface area contributed by atoms with Gasteiger partial charge < -0.3 is 20.1 Å².